The Morgan fingerprint density at radius 2 is 1.74 bits per heavy atom. The van der Waals surface area contributed by atoms with Crippen molar-refractivity contribution < 1.29 is 14.3 Å². The average Bonchev–Trinajstić information content (AvgIpc) is 2.54. The van der Waals surface area contributed by atoms with Crippen LogP contribution in [-0.2, 0) is 9.59 Å². The molecule has 0 atom stereocenters. The minimum absolute atomic E-state index is 0.0218. The van der Waals surface area contributed by atoms with Gasteiger partial charge in [0.25, 0.3) is 5.91 Å². The number of carbonyl (C=O) groups is 2. The summed E-state index contributed by atoms with van der Waals surface area (Å²) in [5, 5.41) is 0. The summed E-state index contributed by atoms with van der Waals surface area (Å²) >= 11 is 3.36. The summed E-state index contributed by atoms with van der Waals surface area (Å²) < 4.78 is 6.48. The second-order valence-electron chi connectivity index (χ2n) is 5.69. The lowest BCUT2D eigenvalue weighted by molar-refractivity contribution is -0.136. The highest BCUT2D eigenvalue weighted by Crippen LogP contribution is 2.16. The van der Waals surface area contributed by atoms with E-state index in [4.69, 9.17) is 4.74 Å². The van der Waals surface area contributed by atoms with Crippen molar-refractivity contribution in [2.24, 2.45) is 0 Å². The van der Waals surface area contributed by atoms with Crippen LogP contribution < -0.4 is 4.74 Å². The van der Waals surface area contributed by atoms with E-state index in [1.165, 1.54) is 0 Å². The van der Waals surface area contributed by atoms with Crippen molar-refractivity contribution in [3.05, 3.63) is 28.7 Å². The van der Waals surface area contributed by atoms with Crippen molar-refractivity contribution in [2.75, 3.05) is 53.4 Å². The highest BCUT2D eigenvalue weighted by atomic mass is 79.9. The maximum atomic E-state index is 12.2. The lowest BCUT2D eigenvalue weighted by atomic mass is 10.3. The third kappa shape index (κ3) is 5.51. The molecule has 0 spiro atoms. The summed E-state index contributed by atoms with van der Waals surface area (Å²) in [6, 6.07) is 7.39. The maximum absolute atomic E-state index is 12.2. The van der Waals surface area contributed by atoms with Crippen LogP contribution in [-0.4, -0.2) is 79.9 Å². The highest BCUT2D eigenvalue weighted by molar-refractivity contribution is 9.10. The van der Waals surface area contributed by atoms with Crippen LogP contribution >= 0.6 is 15.9 Å². The summed E-state index contributed by atoms with van der Waals surface area (Å²) in [5.74, 6) is 0.742. The molecule has 0 aliphatic carbocycles. The lowest BCUT2D eigenvalue weighted by Gasteiger charge is -2.34. The average molecular weight is 384 g/mol. The van der Waals surface area contributed by atoms with E-state index in [1.54, 1.807) is 23.9 Å². The van der Waals surface area contributed by atoms with E-state index in [1.807, 2.05) is 24.3 Å². The van der Waals surface area contributed by atoms with E-state index in [9.17, 15) is 9.59 Å². The molecule has 0 aromatic heterocycles. The fourth-order valence-electron chi connectivity index (χ4n) is 2.26. The molecule has 1 heterocycles. The number of hydrogen-bond acceptors (Lipinski definition) is 4. The SMILES string of the molecule is CN(C)C(=O)CN1CCN(C(=O)COc2ccc(Br)cc2)CC1. The van der Waals surface area contributed by atoms with Gasteiger partial charge in [0.15, 0.2) is 6.61 Å². The Bertz CT molecular complexity index is 540. The maximum Gasteiger partial charge on any atom is 0.260 e. The van der Waals surface area contributed by atoms with Gasteiger partial charge < -0.3 is 14.5 Å². The van der Waals surface area contributed by atoms with E-state index >= 15 is 0 Å². The zero-order chi connectivity index (χ0) is 16.8. The van der Waals surface area contributed by atoms with Crippen LogP contribution in [0.1, 0.15) is 0 Å². The first-order chi connectivity index (χ1) is 11.0. The minimum Gasteiger partial charge on any atom is -0.484 e. The number of rotatable bonds is 5. The molecular weight excluding hydrogens is 362 g/mol. The molecule has 1 aliphatic rings. The van der Waals surface area contributed by atoms with Crippen molar-refractivity contribution in [2.45, 2.75) is 0 Å². The molecule has 0 unspecified atom stereocenters. The summed E-state index contributed by atoms with van der Waals surface area (Å²) in [5.41, 5.74) is 0. The van der Waals surface area contributed by atoms with Gasteiger partial charge in [-0.1, -0.05) is 15.9 Å². The van der Waals surface area contributed by atoms with E-state index < -0.39 is 0 Å². The molecule has 1 aromatic rings. The van der Waals surface area contributed by atoms with Gasteiger partial charge in [-0.2, -0.15) is 0 Å². The van der Waals surface area contributed by atoms with Gasteiger partial charge >= 0.3 is 0 Å². The molecule has 1 aromatic carbocycles. The van der Waals surface area contributed by atoms with Gasteiger partial charge in [-0.3, -0.25) is 14.5 Å². The van der Waals surface area contributed by atoms with Gasteiger partial charge in [-0.25, -0.2) is 0 Å². The molecule has 0 N–H and O–H groups in total. The van der Waals surface area contributed by atoms with E-state index in [-0.39, 0.29) is 18.4 Å². The Kier molecular flexibility index (Phi) is 6.41. The van der Waals surface area contributed by atoms with Crippen LogP contribution in [0, 0.1) is 0 Å². The van der Waals surface area contributed by atoms with Crippen LogP contribution in [0.4, 0.5) is 0 Å². The Balaban J connectivity index is 1.73. The van der Waals surface area contributed by atoms with Crippen molar-refractivity contribution in [3.63, 3.8) is 0 Å². The minimum atomic E-state index is -0.0218. The molecule has 0 bridgehead atoms. The summed E-state index contributed by atoms with van der Waals surface area (Å²) in [7, 11) is 3.50. The predicted octanol–water partition coefficient (Wildman–Crippen LogP) is 1.06. The molecule has 126 valence electrons. The largest absolute Gasteiger partial charge is 0.484 e. The molecule has 1 aliphatic heterocycles. The first-order valence-electron chi connectivity index (χ1n) is 7.54. The van der Waals surface area contributed by atoms with Crippen LogP contribution in [0.3, 0.4) is 0 Å². The first kappa shape index (κ1) is 17.7. The molecule has 2 rings (SSSR count). The highest BCUT2D eigenvalue weighted by Gasteiger charge is 2.23. The zero-order valence-corrected chi connectivity index (χ0v) is 15.1. The molecule has 7 heteroatoms. The van der Waals surface area contributed by atoms with Gasteiger partial charge in [0.05, 0.1) is 6.54 Å². The van der Waals surface area contributed by atoms with Crippen molar-refractivity contribution >= 4 is 27.7 Å². The number of benzene rings is 1. The Morgan fingerprint density at radius 1 is 1.13 bits per heavy atom. The van der Waals surface area contributed by atoms with Gasteiger partial charge in [-0.15, -0.1) is 0 Å². The number of hydrogen-bond donors (Lipinski definition) is 0. The van der Waals surface area contributed by atoms with Crippen LogP contribution in [0.5, 0.6) is 5.75 Å². The fourth-order valence-corrected chi connectivity index (χ4v) is 2.52. The quantitative estimate of drug-likeness (QED) is 0.762. The normalized spacial score (nSPS) is 15.3. The van der Waals surface area contributed by atoms with Gasteiger partial charge in [0.1, 0.15) is 5.75 Å². The van der Waals surface area contributed by atoms with E-state index in [2.05, 4.69) is 20.8 Å². The second-order valence-corrected chi connectivity index (χ2v) is 6.60. The summed E-state index contributed by atoms with van der Waals surface area (Å²) in [6.45, 7) is 3.13. The fraction of sp³-hybridized carbons (Fsp3) is 0.500. The molecule has 1 saturated heterocycles. The predicted molar refractivity (Wildman–Crippen MR) is 91.4 cm³/mol. The number of ether oxygens (including phenoxy) is 1. The summed E-state index contributed by atoms with van der Waals surface area (Å²) in [6.07, 6.45) is 0. The Morgan fingerprint density at radius 3 is 2.30 bits per heavy atom. The monoisotopic (exact) mass is 383 g/mol. The standard InChI is InChI=1S/C16H22BrN3O3/c1-18(2)15(21)11-19-7-9-20(10-8-19)16(22)12-23-14-5-3-13(17)4-6-14/h3-6H,7-12H2,1-2H3. The molecule has 1 fully saturated rings. The molecule has 0 radical (unpaired) electrons. The van der Waals surface area contributed by atoms with Crippen molar-refractivity contribution in [3.8, 4) is 5.75 Å². The number of nitrogens with zero attached hydrogens (tertiary/aromatic N) is 3. The lowest BCUT2D eigenvalue weighted by Crippen LogP contribution is -2.51. The smallest absolute Gasteiger partial charge is 0.260 e. The second kappa shape index (κ2) is 8.31. The number of piperazine rings is 1. The number of likely N-dealkylation sites (N-methyl/N-ethyl adjacent to an activating group) is 1. The van der Waals surface area contributed by atoms with Crippen molar-refractivity contribution in [1.82, 2.24) is 14.7 Å². The molecule has 23 heavy (non-hydrogen) atoms. The van der Waals surface area contributed by atoms with E-state index in [0.717, 1.165) is 4.47 Å². The molecule has 6 nitrogen and oxygen atoms in total. The zero-order valence-electron chi connectivity index (χ0n) is 13.5. The Hall–Kier alpha value is -1.60. The Labute approximate surface area is 145 Å². The van der Waals surface area contributed by atoms with Crippen LogP contribution in [0.15, 0.2) is 28.7 Å². The number of carbonyl (C=O) groups excluding carboxylic acids is 2. The number of amides is 2. The first-order valence-corrected chi connectivity index (χ1v) is 8.33. The topological polar surface area (TPSA) is 53.1 Å². The van der Waals surface area contributed by atoms with Gasteiger partial charge in [0.2, 0.25) is 5.91 Å². The molecular formula is C16H22BrN3O3. The van der Waals surface area contributed by atoms with Gasteiger partial charge in [-0.05, 0) is 24.3 Å². The van der Waals surface area contributed by atoms with Crippen LogP contribution in [0.25, 0.3) is 0 Å². The number of halogens is 1. The van der Waals surface area contributed by atoms with Crippen LogP contribution in [0.2, 0.25) is 0 Å². The third-order valence-corrected chi connectivity index (χ3v) is 4.29. The van der Waals surface area contributed by atoms with E-state index in [0.29, 0.717) is 38.5 Å². The molecule has 2 amide bonds. The summed E-state index contributed by atoms with van der Waals surface area (Å²) in [4.78, 5) is 29.3. The molecule has 0 saturated carbocycles. The van der Waals surface area contributed by atoms with Crippen molar-refractivity contribution in [1.29, 1.82) is 0 Å². The van der Waals surface area contributed by atoms with Gasteiger partial charge in [0, 0.05) is 44.7 Å². The third-order valence-electron chi connectivity index (χ3n) is 3.76.